The van der Waals surface area contributed by atoms with Gasteiger partial charge < -0.3 is 10.1 Å². The number of carbonyl (C=O) groups excluding carboxylic acids is 1. The maximum absolute atomic E-state index is 13.8. The van der Waals surface area contributed by atoms with Crippen molar-refractivity contribution in [2.24, 2.45) is 0 Å². The van der Waals surface area contributed by atoms with E-state index in [1.807, 2.05) is 24.3 Å². The highest BCUT2D eigenvalue weighted by molar-refractivity contribution is 6.30. The molecule has 0 aliphatic carbocycles. The summed E-state index contributed by atoms with van der Waals surface area (Å²) in [6.45, 7) is 2.35. The summed E-state index contributed by atoms with van der Waals surface area (Å²) in [7, 11) is 0. The Morgan fingerprint density at radius 3 is 2.70 bits per heavy atom. The Morgan fingerprint density at radius 2 is 2.04 bits per heavy atom. The van der Waals surface area contributed by atoms with Crippen molar-refractivity contribution >= 4 is 17.4 Å². The molecule has 1 N–H and O–H groups in total. The maximum atomic E-state index is 13.8. The van der Waals surface area contributed by atoms with E-state index in [-0.39, 0.29) is 28.9 Å². The number of hydrogen-bond donors (Lipinski definition) is 1. The van der Waals surface area contributed by atoms with Gasteiger partial charge in [0.1, 0.15) is 5.82 Å². The second kappa shape index (κ2) is 7.21. The van der Waals surface area contributed by atoms with Crippen LogP contribution in [0.3, 0.4) is 0 Å². The molecule has 0 radical (unpaired) electrons. The molecule has 1 saturated heterocycles. The number of nitrogens with one attached hydrogen (secondary N) is 1. The molecule has 1 aliphatic rings. The van der Waals surface area contributed by atoms with E-state index in [1.54, 1.807) is 0 Å². The third-order valence-electron chi connectivity index (χ3n) is 3.88. The fourth-order valence-corrected chi connectivity index (χ4v) is 2.78. The maximum Gasteiger partial charge on any atom is 0.170 e. The Bertz CT molecular complexity index is 697. The molecular formula is C18H17ClFNO2. The SMILES string of the molecule is O=C(Cc1ccc([C@@H]2CNCCO2)cc1)c1ccc(Cl)cc1F. The summed E-state index contributed by atoms with van der Waals surface area (Å²) in [4.78, 5) is 12.2. The Labute approximate surface area is 139 Å². The van der Waals surface area contributed by atoms with Crippen LogP contribution in [-0.2, 0) is 11.2 Å². The van der Waals surface area contributed by atoms with Crippen LogP contribution in [0.15, 0.2) is 42.5 Å². The average Bonchev–Trinajstić information content (AvgIpc) is 2.56. The van der Waals surface area contributed by atoms with E-state index >= 15 is 0 Å². The van der Waals surface area contributed by atoms with Crippen LogP contribution in [0.25, 0.3) is 0 Å². The largest absolute Gasteiger partial charge is 0.371 e. The summed E-state index contributed by atoms with van der Waals surface area (Å²) in [5.41, 5.74) is 1.99. The Hall–Kier alpha value is -1.75. The zero-order chi connectivity index (χ0) is 16.2. The first-order chi connectivity index (χ1) is 11.1. The van der Waals surface area contributed by atoms with Gasteiger partial charge in [-0.2, -0.15) is 0 Å². The quantitative estimate of drug-likeness (QED) is 0.869. The minimum Gasteiger partial charge on any atom is -0.371 e. The molecule has 2 aromatic carbocycles. The fourth-order valence-electron chi connectivity index (χ4n) is 2.63. The first-order valence-corrected chi connectivity index (χ1v) is 7.90. The number of halogens is 2. The highest BCUT2D eigenvalue weighted by atomic mass is 35.5. The summed E-state index contributed by atoms with van der Waals surface area (Å²) in [5.74, 6) is -0.844. The Morgan fingerprint density at radius 1 is 1.26 bits per heavy atom. The van der Waals surface area contributed by atoms with Crippen molar-refractivity contribution in [2.45, 2.75) is 12.5 Å². The predicted molar refractivity (Wildman–Crippen MR) is 87.4 cm³/mol. The van der Waals surface area contributed by atoms with Crippen molar-refractivity contribution in [3.8, 4) is 0 Å². The smallest absolute Gasteiger partial charge is 0.170 e. The van der Waals surface area contributed by atoms with E-state index in [9.17, 15) is 9.18 Å². The monoisotopic (exact) mass is 333 g/mol. The third kappa shape index (κ3) is 3.96. The van der Waals surface area contributed by atoms with E-state index in [0.717, 1.165) is 30.3 Å². The van der Waals surface area contributed by atoms with E-state index < -0.39 is 5.82 Å². The average molecular weight is 334 g/mol. The number of Topliss-reactive ketones (excluding diaryl/α,β-unsaturated/α-hetero) is 1. The zero-order valence-corrected chi connectivity index (χ0v) is 13.3. The van der Waals surface area contributed by atoms with Crippen LogP contribution < -0.4 is 5.32 Å². The van der Waals surface area contributed by atoms with Crippen molar-refractivity contribution in [2.75, 3.05) is 19.7 Å². The van der Waals surface area contributed by atoms with Gasteiger partial charge in [-0.25, -0.2) is 4.39 Å². The summed E-state index contributed by atoms with van der Waals surface area (Å²) in [6, 6.07) is 11.8. The van der Waals surface area contributed by atoms with Crippen molar-refractivity contribution in [1.29, 1.82) is 0 Å². The zero-order valence-electron chi connectivity index (χ0n) is 12.5. The molecule has 0 aromatic heterocycles. The van der Waals surface area contributed by atoms with Gasteiger partial charge in [0.2, 0.25) is 0 Å². The molecule has 2 aromatic rings. The molecule has 0 bridgehead atoms. The third-order valence-corrected chi connectivity index (χ3v) is 4.11. The van der Waals surface area contributed by atoms with E-state index in [1.165, 1.54) is 12.1 Å². The number of hydrogen-bond acceptors (Lipinski definition) is 3. The lowest BCUT2D eigenvalue weighted by Gasteiger charge is -2.24. The second-order valence-electron chi connectivity index (χ2n) is 5.53. The summed E-state index contributed by atoms with van der Waals surface area (Å²) >= 11 is 5.70. The molecule has 0 saturated carbocycles. The van der Waals surface area contributed by atoms with Gasteiger partial charge in [0.25, 0.3) is 0 Å². The lowest BCUT2D eigenvalue weighted by Crippen LogP contribution is -2.33. The van der Waals surface area contributed by atoms with Crippen molar-refractivity contribution in [3.05, 3.63) is 70.0 Å². The standard InChI is InChI=1S/C18H17ClFNO2/c19-14-5-6-15(16(20)10-14)17(22)9-12-1-3-13(4-2-12)18-11-21-7-8-23-18/h1-6,10,18,21H,7-9,11H2/t18-/m0/s1. The van der Waals surface area contributed by atoms with Gasteiger partial charge in [0.15, 0.2) is 5.78 Å². The molecule has 1 fully saturated rings. The first kappa shape index (κ1) is 16.1. The van der Waals surface area contributed by atoms with Gasteiger partial charge in [0.05, 0.1) is 18.3 Å². The number of carbonyl (C=O) groups is 1. The number of ketones is 1. The number of benzene rings is 2. The number of rotatable bonds is 4. The molecule has 1 heterocycles. The van der Waals surface area contributed by atoms with Crippen LogP contribution in [0.4, 0.5) is 4.39 Å². The van der Waals surface area contributed by atoms with Gasteiger partial charge in [-0.15, -0.1) is 0 Å². The molecule has 3 nitrogen and oxygen atoms in total. The molecule has 1 atom stereocenters. The van der Waals surface area contributed by atoms with Gasteiger partial charge in [0, 0.05) is 24.5 Å². The van der Waals surface area contributed by atoms with Crippen molar-refractivity contribution in [1.82, 2.24) is 5.32 Å². The Kier molecular flexibility index (Phi) is 5.06. The normalized spacial score (nSPS) is 17.9. The minimum absolute atomic E-state index is 0.0437. The van der Waals surface area contributed by atoms with E-state index in [4.69, 9.17) is 16.3 Å². The van der Waals surface area contributed by atoms with Gasteiger partial charge in [-0.3, -0.25) is 4.79 Å². The van der Waals surface area contributed by atoms with Gasteiger partial charge >= 0.3 is 0 Å². The lowest BCUT2D eigenvalue weighted by molar-refractivity contribution is 0.0277. The lowest BCUT2D eigenvalue weighted by atomic mass is 10.00. The van der Waals surface area contributed by atoms with Crippen LogP contribution in [-0.4, -0.2) is 25.5 Å². The van der Waals surface area contributed by atoms with Gasteiger partial charge in [-0.05, 0) is 29.3 Å². The van der Waals surface area contributed by atoms with Gasteiger partial charge in [-0.1, -0.05) is 35.9 Å². The highest BCUT2D eigenvalue weighted by Gasteiger charge is 2.16. The summed E-state index contributed by atoms with van der Waals surface area (Å²) in [6.07, 6.45) is 0.199. The highest BCUT2D eigenvalue weighted by Crippen LogP contribution is 2.21. The van der Waals surface area contributed by atoms with Crippen LogP contribution in [0.1, 0.15) is 27.6 Å². The van der Waals surface area contributed by atoms with E-state index in [2.05, 4.69) is 5.32 Å². The predicted octanol–water partition coefficient (Wildman–Crippen LogP) is 3.57. The molecule has 0 amide bonds. The first-order valence-electron chi connectivity index (χ1n) is 7.53. The molecule has 120 valence electrons. The molecule has 0 spiro atoms. The summed E-state index contributed by atoms with van der Waals surface area (Å²) in [5, 5.41) is 3.56. The molecular weight excluding hydrogens is 317 g/mol. The Balaban J connectivity index is 1.69. The van der Waals surface area contributed by atoms with Crippen molar-refractivity contribution in [3.63, 3.8) is 0 Å². The summed E-state index contributed by atoms with van der Waals surface area (Å²) < 4.78 is 19.5. The fraction of sp³-hybridized carbons (Fsp3) is 0.278. The van der Waals surface area contributed by atoms with Crippen LogP contribution in [0.5, 0.6) is 0 Å². The van der Waals surface area contributed by atoms with Crippen LogP contribution in [0, 0.1) is 5.82 Å². The van der Waals surface area contributed by atoms with Crippen LogP contribution >= 0.6 is 11.6 Å². The molecule has 5 heteroatoms. The van der Waals surface area contributed by atoms with Crippen LogP contribution in [0.2, 0.25) is 5.02 Å². The number of ether oxygens (including phenoxy) is 1. The molecule has 23 heavy (non-hydrogen) atoms. The van der Waals surface area contributed by atoms with Crippen molar-refractivity contribution < 1.29 is 13.9 Å². The molecule has 3 rings (SSSR count). The topological polar surface area (TPSA) is 38.3 Å². The number of morpholine rings is 1. The molecule has 0 unspecified atom stereocenters. The minimum atomic E-state index is -0.583. The van der Waals surface area contributed by atoms with E-state index in [0.29, 0.717) is 6.61 Å². The molecule has 1 aliphatic heterocycles. The second-order valence-corrected chi connectivity index (χ2v) is 5.97.